The highest BCUT2D eigenvalue weighted by molar-refractivity contribution is 9.10. The van der Waals surface area contributed by atoms with E-state index in [9.17, 15) is 4.79 Å². The van der Waals surface area contributed by atoms with Crippen LogP contribution in [0, 0.1) is 0 Å². The number of rotatable bonds is 7. The van der Waals surface area contributed by atoms with Gasteiger partial charge >= 0.3 is 6.03 Å². The molecule has 2 amide bonds. The molecule has 208 valence electrons. The molecule has 0 spiro atoms. The molecule has 2 aromatic carbocycles. The Morgan fingerprint density at radius 3 is 2.49 bits per heavy atom. The summed E-state index contributed by atoms with van der Waals surface area (Å²) in [5.41, 5.74) is 4.37. The van der Waals surface area contributed by atoms with E-state index in [0.29, 0.717) is 35.0 Å². The number of anilines is 2. The van der Waals surface area contributed by atoms with Gasteiger partial charge in [-0.15, -0.1) is 0 Å². The lowest BCUT2D eigenvalue weighted by Gasteiger charge is -2.21. The quantitative estimate of drug-likeness (QED) is 0.261. The van der Waals surface area contributed by atoms with Crippen LogP contribution in [0.2, 0.25) is 0 Å². The average molecular weight is 614 g/mol. The number of nitrogens with one attached hydrogen (secondary N) is 2. The zero-order valence-electron chi connectivity index (χ0n) is 22.6. The molecule has 41 heavy (non-hydrogen) atoms. The fraction of sp³-hybridized carbons (Fsp3) is 0.200. The number of para-hydroxylation sites is 1. The minimum atomic E-state index is -0.327. The van der Waals surface area contributed by atoms with Gasteiger partial charge in [0, 0.05) is 44.0 Å². The molecule has 3 aromatic heterocycles. The third kappa shape index (κ3) is 5.40. The molecule has 1 saturated heterocycles. The van der Waals surface area contributed by atoms with Crippen LogP contribution in [0.3, 0.4) is 0 Å². The largest absolute Gasteiger partial charge is 0.480 e. The molecular formula is C30H29BrN8O2. The first kappa shape index (κ1) is 26.6. The lowest BCUT2D eigenvalue weighted by molar-refractivity contribution is 0.248. The smallest absolute Gasteiger partial charge is 0.320 e. The predicted molar refractivity (Wildman–Crippen MR) is 162 cm³/mol. The molecule has 2 atom stereocenters. The first-order valence-corrected chi connectivity index (χ1v) is 14.0. The number of ether oxygens (including phenoxy) is 1. The van der Waals surface area contributed by atoms with Crippen molar-refractivity contribution in [2.24, 2.45) is 7.05 Å². The van der Waals surface area contributed by atoms with Crippen molar-refractivity contribution in [2.75, 3.05) is 30.4 Å². The van der Waals surface area contributed by atoms with Crippen LogP contribution in [0.5, 0.6) is 5.88 Å². The molecule has 10 nitrogen and oxygen atoms in total. The van der Waals surface area contributed by atoms with Gasteiger partial charge in [0.1, 0.15) is 5.69 Å². The van der Waals surface area contributed by atoms with Crippen molar-refractivity contribution >= 4 is 33.5 Å². The van der Waals surface area contributed by atoms with Crippen LogP contribution >= 0.6 is 15.9 Å². The zero-order chi connectivity index (χ0) is 28.3. The Morgan fingerprint density at radius 2 is 1.78 bits per heavy atom. The number of carbonyl (C=O) groups is 1. The molecular weight excluding hydrogens is 584 g/mol. The SMILES string of the molecule is COc1ncccc1N1CC(NC(=O)Nc2c(Br)c(-c3cnn(C)c3)nn2-c2ccccc2)C(c2ccccc2)C1. The number of halogens is 1. The van der Waals surface area contributed by atoms with Crippen LogP contribution < -0.4 is 20.3 Å². The van der Waals surface area contributed by atoms with Gasteiger partial charge in [-0.05, 0) is 45.8 Å². The van der Waals surface area contributed by atoms with Crippen LogP contribution in [0.25, 0.3) is 16.9 Å². The number of hydrogen-bond acceptors (Lipinski definition) is 6. The van der Waals surface area contributed by atoms with Gasteiger partial charge in [-0.1, -0.05) is 48.5 Å². The van der Waals surface area contributed by atoms with Crippen molar-refractivity contribution in [2.45, 2.75) is 12.0 Å². The second kappa shape index (κ2) is 11.5. The minimum Gasteiger partial charge on any atom is -0.480 e. The first-order valence-electron chi connectivity index (χ1n) is 13.2. The summed E-state index contributed by atoms with van der Waals surface area (Å²) >= 11 is 3.70. The molecule has 1 aliphatic rings. The van der Waals surface area contributed by atoms with Gasteiger partial charge < -0.3 is 15.0 Å². The number of pyridine rings is 1. The third-order valence-corrected chi connectivity index (χ3v) is 7.94. The van der Waals surface area contributed by atoms with Crippen LogP contribution in [-0.2, 0) is 7.05 Å². The Balaban J connectivity index is 1.30. The summed E-state index contributed by atoms with van der Waals surface area (Å²) in [4.78, 5) is 20.2. The molecule has 4 heterocycles. The number of methoxy groups -OCH3 is 1. The first-order chi connectivity index (χ1) is 20.0. The molecule has 0 aliphatic carbocycles. The molecule has 6 rings (SSSR count). The van der Waals surface area contributed by atoms with E-state index in [0.717, 1.165) is 22.5 Å². The monoisotopic (exact) mass is 612 g/mol. The Morgan fingerprint density at radius 1 is 1.02 bits per heavy atom. The van der Waals surface area contributed by atoms with E-state index >= 15 is 0 Å². The second-order valence-corrected chi connectivity index (χ2v) is 10.6. The van der Waals surface area contributed by atoms with Gasteiger partial charge in [-0.25, -0.2) is 14.5 Å². The molecule has 0 bridgehead atoms. The molecule has 1 aliphatic heterocycles. The van der Waals surface area contributed by atoms with E-state index in [4.69, 9.17) is 9.84 Å². The standard InChI is InChI=1S/C30H29BrN8O2/c1-37-17-21(16-33-37)27-26(31)28(39(36-27)22-12-7-4-8-13-22)35-30(40)34-24-19-38(25-14-9-15-32-29(25)41-2)18-23(24)20-10-5-3-6-11-20/h3-17,23-24H,18-19H2,1-2H3,(H2,34,35,40). The van der Waals surface area contributed by atoms with Crippen molar-refractivity contribution in [1.29, 1.82) is 0 Å². The molecule has 2 N–H and O–H groups in total. The molecule has 0 radical (unpaired) electrons. The Hall–Kier alpha value is -4.64. The zero-order valence-corrected chi connectivity index (χ0v) is 24.2. The fourth-order valence-corrected chi connectivity index (χ4v) is 5.84. The predicted octanol–water partition coefficient (Wildman–Crippen LogP) is 5.23. The molecule has 1 fully saturated rings. The molecule has 11 heteroatoms. The summed E-state index contributed by atoms with van der Waals surface area (Å²) in [5, 5.41) is 15.4. The normalized spacial score (nSPS) is 16.5. The van der Waals surface area contributed by atoms with E-state index in [1.807, 2.05) is 73.9 Å². The Bertz CT molecular complexity index is 1650. The number of urea groups is 1. The third-order valence-electron chi connectivity index (χ3n) is 7.19. The molecule has 5 aromatic rings. The second-order valence-electron chi connectivity index (χ2n) is 9.82. The average Bonchev–Trinajstić information content (AvgIpc) is 3.71. The van der Waals surface area contributed by atoms with Crippen molar-refractivity contribution in [1.82, 2.24) is 29.9 Å². The van der Waals surface area contributed by atoms with Crippen LogP contribution in [-0.4, -0.2) is 56.8 Å². The number of aromatic nitrogens is 5. The highest BCUT2D eigenvalue weighted by Gasteiger charge is 2.36. The summed E-state index contributed by atoms with van der Waals surface area (Å²) in [6.07, 6.45) is 5.34. The Kier molecular flexibility index (Phi) is 7.43. The lowest BCUT2D eigenvalue weighted by Crippen LogP contribution is -2.42. The van der Waals surface area contributed by atoms with Crippen LogP contribution in [0.4, 0.5) is 16.3 Å². The topological polar surface area (TPSA) is 102 Å². The number of aryl methyl sites for hydroxylation is 1. The van der Waals surface area contributed by atoms with E-state index in [1.165, 1.54) is 0 Å². The van der Waals surface area contributed by atoms with Gasteiger partial charge in [-0.3, -0.25) is 10.00 Å². The fourth-order valence-electron chi connectivity index (χ4n) is 5.27. The van der Waals surface area contributed by atoms with Crippen LogP contribution in [0.15, 0.2) is 95.9 Å². The van der Waals surface area contributed by atoms with Gasteiger partial charge in [0.05, 0.1) is 35.2 Å². The highest BCUT2D eigenvalue weighted by atomic mass is 79.9. The van der Waals surface area contributed by atoms with Gasteiger partial charge in [0.15, 0.2) is 5.82 Å². The highest BCUT2D eigenvalue weighted by Crippen LogP contribution is 2.37. The van der Waals surface area contributed by atoms with E-state index in [2.05, 4.69) is 53.7 Å². The molecule has 2 unspecified atom stereocenters. The van der Waals surface area contributed by atoms with E-state index in [1.54, 1.807) is 28.9 Å². The summed E-state index contributed by atoms with van der Waals surface area (Å²) in [6.45, 7) is 1.29. The number of amides is 2. The summed E-state index contributed by atoms with van der Waals surface area (Å²) < 4.78 is 9.64. The maximum atomic E-state index is 13.6. The number of carbonyl (C=O) groups excluding carboxylic acids is 1. The Labute approximate surface area is 246 Å². The summed E-state index contributed by atoms with van der Waals surface area (Å²) in [7, 11) is 3.47. The minimum absolute atomic E-state index is 0.0558. The number of nitrogens with zero attached hydrogens (tertiary/aromatic N) is 6. The van der Waals surface area contributed by atoms with Crippen LogP contribution in [0.1, 0.15) is 11.5 Å². The molecule has 0 saturated carbocycles. The number of benzene rings is 2. The summed E-state index contributed by atoms with van der Waals surface area (Å²) in [6, 6.07) is 23.3. The van der Waals surface area contributed by atoms with Gasteiger partial charge in [0.2, 0.25) is 5.88 Å². The maximum Gasteiger partial charge on any atom is 0.320 e. The van der Waals surface area contributed by atoms with Gasteiger partial charge in [0.25, 0.3) is 0 Å². The van der Waals surface area contributed by atoms with E-state index < -0.39 is 0 Å². The van der Waals surface area contributed by atoms with E-state index in [-0.39, 0.29) is 18.0 Å². The maximum absolute atomic E-state index is 13.6. The lowest BCUT2D eigenvalue weighted by atomic mass is 9.94. The van der Waals surface area contributed by atoms with Crippen molar-refractivity contribution in [3.05, 3.63) is 101 Å². The van der Waals surface area contributed by atoms with Crippen molar-refractivity contribution in [3.63, 3.8) is 0 Å². The van der Waals surface area contributed by atoms with Crippen molar-refractivity contribution < 1.29 is 9.53 Å². The van der Waals surface area contributed by atoms with Gasteiger partial charge in [-0.2, -0.15) is 10.2 Å². The summed E-state index contributed by atoms with van der Waals surface area (Å²) in [5.74, 6) is 1.14. The van der Waals surface area contributed by atoms with Crippen molar-refractivity contribution in [3.8, 4) is 22.8 Å². The number of hydrogen-bond donors (Lipinski definition) is 2.